The van der Waals surface area contributed by atoms with Crippen molar-refractivity contribution in [2.75, 3.05) is 5.32 Å². The highest BCUT2D eigenvalue weighted by Gasteiger charge is 2.15. The fourth-order valence-electron chi connectivity index (χ4n) is 1.60. The number of carbonyl (C=O) groups is 1. The average molecular weight is 292 g/mol. The molecule has 0 fully saturated rings. The first-order valence-corrected chi connectivity index (χ1v) is 7.03. The van der Waals surface area contributed by atoms with E-state index in [9.17, 15) is 9.59 Å². The maximum atomic E-state index is 12.2. The number of aryl methyl sites for hydroxylation is 1. The van der Waals surface area contributed by atoms with Crippen molar-refractivity contribution in [1.82, 2.24) is 14.4 Å². The van der Waals surface area contributed by atoms with Gasteiger partial charge in [0.15, 0.2) is 10.1 Å². The number of thiazole rings is 2. The van der Waals surface area contributed by atoms with Crippen LogP contribution in [0.15, 0.2) is 28.8 Å². The van der Waals surface area contributed by atoms with Crippen LogP contribution in [0.25, 0.3) is 4.96 Å². The number of hydrogen-bond donors (Lipinski definition) is 1. The van der Waals surface area contributed by atoms with Crippen LogP contribution in [0.3, 0.4) is 0 Å². The van der Waals surface area contributed by atoms with Crippen LogP contribution < -0.4 is 10.9 Å². The molecule has 19 heavy (non-hydrogen) atoms. The van der Waals surface area contributed by atoms with E-state index >= 15 is 0 Å². The lowest BCUT2D eigenvalue weighted by Crippen LogP contribution is -2.25. The minimum absolute atomic E-state index is 0.00509. The van der Waals surface area contributed by atoms with E-state index in [0.717, 1.165) is 4.88 Å². The highest BCUT2D eigenvalue weighted by Crippen LogP contribution is 2.14. The van der Waals surface area contributed by atoms with E-state index in [0.29, 0.717) is 10.1 Å². The number of hydrogen-bond acceptors (Lipinski definition) is 6. The summed E-state index contributed by atoms with van der Waals surface area (Å²) in [6.45, 7) is 1.88. The van der Waals surface area contributed by atoms with Crippen LogP contribution in [0.1, 0.15) is 15.2 Å². The van der Waals surface area contributed by atoms with Crippen LogP contribution in [0.4, 0.5) is 5.13 Å². The molecule has 0 aliphatic carbocycles. The maximum absolute atomic E-state index is 12.2. The second kappa shape index (κ2) is 4.56. The van der Waals surface area contributed by atoms with Gasteiger partial charge in [0.2, 0.25) is 0 Å². The van der Waals surface area contributed by atoms with Gasteiger partial charge in [-0.3, -0.25) is 19.3 Å². The van der Waals surface area contributed by atoms with E-state index < -0.39 is 5.91 Å². The zero-order chi connectivity index (χ0) is 13.4. The molecule has 0 aromatic carbocycles. The predicted molar refractivity (Wildman–Crippen MR) is 74.1 cm³/mol. The van der Waals surface area contributed by atoms with Gasteiger partial charge in [0, 0.05) is 28.8 Å². The van der Waals surface area contributed by atoms with Gasteiger partial charge >= 0.3 is 0 Å². The molecule has 0 saturated carbocycles. The molecule has 0 radical (unpaired) electrons. The number of nitrogens with zero attached hydrogens (tertiary/aromatic N) is 3. The Morgan fingerprint density at radius 2 is 2.26 bits per heavy atom. The van der Waals surface area contributed by atoms with Gasteiger partial charge in [0.25, 0.3) is 11.5 Å². The van der Waals surface area contributed by atoms with E-state index in [1.807, 2.05) is 6.92 Å². The molecule has 96 valence electrons. The minimum Gasteiger partial charge on any atom is -0.298 e. The summed E-state index contributed by atoms with van der Waals surface area (Å²) in [6, 6.07) is 0. The standard InChI is InChI=1S/C11H8N4O2S2/c1-6-5-15-9(17)7(4-13-11(15)19-6)8(16)14-10-12-2-3-18-10/h2-5H,1H3,(H,12,14,16). The summed E-state index contributed by atoms with van der Waals surface area (Å²) in [5.74, 6) is -0.495. The molecule has 1 amide bonds. The zero-order valence-corrected chi connectivity index (χ0v) is 11.4. The fourth-order valence-corrected chi connectivity index (χ4v) is 2.91. The van der Waals surface area contributed by atoms with Gasteiger partial charge in [0.1, 0.15) is 5.56 Å². The largest absolute Gasteiger partial charge is 0.298 e. The van der Waals surface area contributed by atoms with E-state index in [2.05, 4.69) is 15.3 Å². The van der Waals surface area contributed by atoms with E-state index in [1.54, 1.807) is 17.8 Å². The van der Waals surface area contributed by atoms with Crippen LogP contribution in [-0.2, 0) is 0 Å². The zero-order valence-electron chi connectivity index (χ0n) is 9.78. The lowest BCUT2D eigenvalue weighted by molar-refractivity contribution is 0.102. The second-order valence-electron chi connectivity index (χ2n) is 3.76. The SMILES string of the molecule is Cc1cn2c(=O)c(C(=O)Nc3nccs3)cnc2s1. The molecule has 0 aliphatic heterocycles. The lowest BCUT2D eigenvalue weighted by Gasteiger charge is -2.00. The molecule has 0 atom stereocenters. The predicted octanol–water partition coefficient (Wildman–Crippen LogP) is 1.77. The van der Waals surface area contributed by atoms with Gasteiger partial charge in [-0.25, -0.2) is 9.97 Å². The lowest BCUT2D eigenvalue weighted by atomic mass is 10.3. The van der Waals surface area contributed by atoms with Crippen LogP contribution in [0.2, 0.25) is 0 Å². The van der Waals surface area contributed by atoms with Crippen LogP contribution in [0, 0.1) is 6.92 Å². The Labute approximate surface area is 115 Å². The molecule has 3 rings (SSSR count). The molecule has 3 aromatic heterocycles. The first-order valence-electron chi connectivity index (χ1n) is 5.34. The van der Waals surface area contributed by atoms with Crippen molar-refractivity contribution in [3.63, 3.8) is 0 Å². The third-order valence-corrected chi connectivity index (χ3v) is 4.02. The van der Waals surface area contributed by atoms with Gasteiger partial charge in [-0.05, 0) is 6.92 Å². The minimum atomic E-state index is -0.495. The Morgan fingerprint density at radius 3 is 3.00 bits per heavy atom. The summed E-state index contributed by atoms with van der Waals surface area (Å²) in [7, 11) is 0. The van der Waals surface area contributed by atoms with Crippen molar-refractivity contribution < 1.29 is 4.79 Å². The third-order valence-electron chi connectivity index (χ3n) is 2.42. The van der Waals surface area contributed by atoms with Crippen molar-refractivity contribution in [3.8, 4) is 0 Å². The van der Waals surface area contributed by atoms with E-state index in [4.69, 9.17) is 0 Å². The molecule has 0 saturated heterocycles. The number of amides is 1. The van der Waals surface area contributed by atoms with Gasteiger partial charge in [0.05, 0.1) is 0 Å². The van der Waals surface area contributed by atoms with E-state index in [1.165, 1.54) is 33.3 Å². The molecule has 1 N–H and O–H groups in total. The molecule has 0 unspecified atom stereocenters. The molecular formula is C11H8N4O2S2. The fraction of sp³-hybridized carbons (Fsp3) is 0.0909. The molecule has 3 heterocycles. The number of anilines is 1. The molecule has 0 aliphatic rings. The van der Waals surface area contributed by atoms with E-state index in [-0.39, 0.29) is 11.1 Å². The van der Waals surface area contributed by atoms with Crippen molar-refractivity contribution in [2.45, 2.75) is 6.92 Å². The van der Waals surface area contributed by atoms with Crippen LogP contribution >= 0.6 is 22.7 Å². The number of fused-ring (bicyclic) bond motifs is 1. The van der Waals surface area contributed by atoms with Crippen LogP contribution in [-0.4, -0.2) is 20.3 Å². The molecule has 0 bridgehead atoms. The summed E-state index contributed by atoms with van der Waals surface area (Å²) >= 11 is 2.69. The second-order valence-corrected chi connectivity index (χ2v) is 5.87. The molecule has 0 spiro atoms. The Morgan fingerprint density at radius 1 is 1.42 bits per heavy atom. The van der Waals surface area contributed by atoms with Gasteiger partial charge in [-0.2, -0.15) is 0 Å². The van der Waals surface area contributed by atoms with Gasteiger partial charge in [-0.15, -0.1) is 22.7 Å². The molecule has 6 nitrogen and oxygen atoms in total. The Bertz CT molecular complexity index is 804. The Kier molecular flexibility index (Phi) is 2.88. The normalized spacial score (nSPS) is 10.8. The van der Waals surface area contributed by atoms with Crippen molar-refractivity contribution in [1.29, 1.82) is 0 Å². The molecular weight excluding hydrogens is 284 g/mol. The number of carbonyl (C=O) groups excluding carboxylic acids is 1. The Balaban J connectivity index is 2.03. The summed E-state index contributed by atoms with van der Waals surface area (Å²) < 4.78 is 1.39. The summed E-state index contributed by atoms with van der Waals surface area (Å²) in [6.07, 6.45) is 4.56. The third kappa shape index (κ3) is 2.15. The average Bonchev–Trinajstić information content (AvgIpc) is 2.98. The van der Waals surface area contributed by atoms with Crippen molar-refractivity contribution in [2.24, 2.45) is 0 Å². The van der Waals surface area contributed by atoms with Gasteiger partial charge < -0.3 is 0 Å². The molecule has 8 heteroatoms. The monoisotopic (exact) mass is 292 g/mol. The topological polar surface area (TPSA) is 76.4 Å². The highest BCUT2D eigenvalue weighted by atomic mass is 32.1. The molecule has 3 aromatic rings. The summed E-state index contributed by atoms with van der Waals surface area (Å²) in [5.41, 5.74) is -0.367. The quantitative estimate of drug-likeness (QED) is 0.781. The summed E-state index contributed by atoms with van der Waals surface area (Å²) in [4.78, 5) is 33.7. The smallest absolute Gasteiger partial charge is 0.271 e. The first kappa shape index (κ1) is 12.0. The number of nitrogens with one attached hydrogen (secondary N) is 1. The number of rotatable bonds is 2. The van der Waals surface area contributed by atoms with Crippen molar-refractivity contribution in [3.05, 3.63) is 44.8 Å². The highest BCUT2D eigenvalue weighted by molar-refractivity contribution is 7.16. The van der Waals surface area contributed by atoms with Gasteiger partial charge in [-0.1, -0.05) is 0 Å². The maximum Gasteiger partial charge on any atom is 0.271 e. The van der Waals surface area contributed by atoms with Crippen LogP contribution in [0.5, 0.6) is 0 Å². The van der Waals surface area contributed by atoms with Crippen molar-refractivity contribution >= 4 is 38.7 Å². The first-order chi connectivity index (χ1) is 9.15. The Hall–Kier alpha value is -2.06. The number of aromatic nitrogens is 3. The summed E-state index contributed by atoms with van der Waals surface area (Å²) in [5, 5.41) is 4.77.